The van der Waals surface area contributed by atoms with Crippen LogP contribution in [0.15, 0.2) is 45.6 Å². The molecule has 6 nitrogen and oxygen atoms in total. The first-order valence-corrected chi connectivity index (χ1v) is 8.93. The smallest absolute Gasteiger partial charge is 0.341 e. The predicted molar refractivity (Wildman–Crippen MR) is 107 cm³/mol. The highest BCUT2D eigenvalue weighted by molar-refractivity contribution is 5.92. The summed E-state index contributed by atoms with van der Waals surface area (Å²) in [5, 5.41) is 4.24. The summed E-state index contributed by atoms with van der Waals surface area (Å²) in [4.78, 5) is 23.8. The van der Waals surface area contributed by atoms with Crippen molar-refractivity contribution >= 4 is 16.9 Å². The molecule has 0 fully saturated rings. The SMILES string of the molecule is COC(=O)c1cc(CNCc2cc(=O)oc3cc(C)c(C)cc23)ccc1OC. The second kappa shape index (κ2) is 8.27. The average molecular weight is 381 g/mol. The molecule has 28 heavy (non-hydrogen) atoms. The maximum absolute atomic E-state index is 11.9. The summed E-state index contributed by atoms with van der Waals surface area (Å²) in [7, 11) is 2.85. The molecule has 1 heterocycles. The van der Waals surface area contributed by atoms with Crippen molar-refractivity contribution in [2.24, 2.45) is 0 Å². The fourth-order valence-corrected chi connectivity index (χ4v) is 3.11. The van der Waals surface area contributed by atoms with E-state index in [1.807, 2.05) is 32.0 Å². The van der Waals surface area contributed by atoms with Crippen LogP contribution in [-0.4, -0.2) is 20.2 Å². The molecule has 1 N–H and O–H groups in total. The number of rotatable bonds is 6. The Morgan fingerprint density at radius 2 is 1.79 bits per heavy atom. The Morgan fingerprint density at radius 1 is 1.04 bits per heavy atom. The minimum atomic E-state index is -0.448. The van der Waals surface area contributed by atoms with Crippen LogP contribution in [0.5, 0.6) is 5.75 Å². The first-order chi connectivity index (χ1) is 13.4. The van der Waals surface area contributed by atoms with Crippen LogP contribution in [0.3, 0.4) is 0 Å². The van der Waals surface area contributed by atoms with Gasteiger partial charge in [-0.25, -0.2) is 9.59 Å². The Morgan fingerprint density at radius 3 is 2.50 bits per heavy atom. The zero-order valence-corrected chi connectivity index (χ0v) is 16.4. The molecule has 0 aliphatic rings. The summed E-state index contributed by atoms with van der Waals surface area (Å²) in [5.74, 6) is 0.0179. The van der Waals surface area contributed by atoms with Gasteiger partial charge in [-0.3, -0.25) is 0 Å². The maximum Gasteiger partial charge on any atom is 0.341 e. The second-order valence-electron chi connectivity index (χ2n) is 6.65. The number of nitrogens with one attached hydrogen (secondary N) is 1. The van der Waals surface area contributed by atoms with E-state index in [1.165, 1.54) is 20.3 Å². The van der Waals surface area contributed by atoms with Gasteiger partial charge in [-0.1, -0.05) is 6.07 Å². The number of hydrogen-bond acceptors (Lipinski definition) is 6. The number of methoxy groups -OCH3 is 2. The average Bonchev–Trinajstić information content (AvgIpc) is 2.68. The molecule has 0 unspecified atom stereocenters. The van der Waals surface area contributed by atoms with E-state index in [4.69, 9.17) is 13.9 Å². The topological polar surface area (TPSA) is 77.8 Å². The Balaban J connectivity index is 1.81. The van der Waals surface area contributed by atoms with Gasteiger partial charge in [0.1, 0.15) is 16.9 Å². The van der Waals surface area contributed by atoms with Crippen LogP contribution >= 0.6 is 0 Å². The molecule has 146 valence electrons. The lowest BCUT2D eigenvalue weighted by atomic mass is 10.0. The van der Waals surface area contributed by atoms with Gasteiger partial charge in [0.05, 0.1) is 14.2 Å². The van der Waals surface area contributed by atoms with E-state index in [0.717, 1.165) is 27.6 Å². The van der Waals surface area contributed by atoms with Crippen LogP contribution in [0, 0.1) is 13.8 Å². The predicted octanol–water partition coefficient (Wildman–Crippen LogP) is 3.49. The van der Waals surface area contributed by atoms with E-state index in [0.29, 0.717) is 30.0 Å². The van der Waals surface area contributed by atoms with Gasteiger partial charge in [0, 0.05) is 24.5 Å². The molecule has 2 aromatic carbocycles. The van der Waals surface area contributed by atoms with Crippen molar-refractivity contribution in [3.05, 3.63) is 74.6 Å². The van der Waals surface area contributed by atoms with E-state index >= 15 is 0 Å². The molecule has 0 saturated heterocycles. The molecule has 1 aromatic heterocycles. The molecular formula is C22H23NO5. The number of carbonyl (C=O) groups is 1. The lowest BCUT2D eigenvalue weighted by Gasteiger charge is -2.11. The van der Waals surface area contributed by atoms with E-state index in [1.54, 1.807) is 12.1 Å². The monoisotopic (exact) mass is 381 g/mol. The van der Waals surface area contributed by atoms with Crippen molar-refractivity contribution in [1.82, 2.24) is 5.32 Å². The number of benzene rings is 2. The van der Waals surface area contributed by atoms with Gasteiger partial charge in [0.25, 0.3) is 0 Å². The van der Waals surface area contributed by atoms with Gasteiger partial charge in [-0.15, -0.1) is 0 Å². The number of ether oxygens (including phenoxy) is 2. The molecule has 0 atom stereocenters. The van der Waals surface area contributed by atoms with Gasteiger partial charge < -0.3 is 19.2 Å². The van der Waals surface area contributed by atoms with Crippen LogP contribution in [0.1, 0.15) is 32.6 Å². The standard InChI is InChI=1S/C22H23NO5/c1-13-7-17-16(10-21(24)28-20(17)8-14(13)2)12-23-11-15-5-6-19(26-3)18(9-15)22(25)27-4/h5-10,23H,11-12H2,1-4H3. The van der Waals surface area contributed by atoms with Gasteiger partial charge in [-0.2, -0.15) is 0 Å². The van der Waals surface area contributed by atoms with Crippen molar-refractivity contribution in [1.29, 1.82) is 0 Å². The third kappa shape index (κ3) is 4.07. The van der Waals surface area contributed by atoms with Gasteiger partial charge in [0.15, 0.2) is 0 Å². The minimum absolute atomic E-state index is 0.370. The van der Waals surface area contributed by atoms with Crippen molar-refractivity contribution in [3.63, 3.8) is 0 Å². The number of esters is 1. The van der Waals surface area contributed by atoms with Crippen molar-refractivity contribution in [2.45, 2.75) is 26.9 Å². The highest BCUT2D eigenvalue weighted by atomic mass is 16.5. The molecule has 0 aliphatic carbocycles. The summed E-state index contributed by atoms with van der Waals surface area (Å²) in [6, 6.07) is 10.8. The summed E-state index contributed by atoms with van der Waals surface area (Å²) in [6.07, 6.45) is 0. The quantitative estimate of drug-likeness (QED) is 0.520. The Labute approximate surface area is 163 Å². The summed E-state index contributed by atoms with van der Waals surface area (Å²) in [5.41, 5.74) is 4.59. The Hall–Kier alpha value is -3.12. The molecule has 0 amide bonds. The highest BCUT2D eigenvalue weighted by Gasteiger charge is 2.13. The molecule has 0 radical (unpaired) electrons. The fraction of sp³-hybridized carbons (Fsp3) is 0.273. The summed E-state index contributed by atoms with van der Waals surface area (Å²) >= 11 is 0. The van der Waals surface area contributed by atoms with Crippen molar-refractivity contribution in [2.75, 3.05) is 14.2 Å². The number of fused-ring (bicyclic) bond motifs is 1. The highest BCUT2D eigenvalue weighted by Crippen LogP contribution is 2.23. The summed E-state index contributed by atoms with van der Waals surface area (Å²) < 4.78 is 15.4. The molecule has 6 heteroatoms. The first kappa shape index (κ1) is 19.6. The third-order valence-corrected chi connectivity index (χ3v) is 4.76. The van der Waals surface area contributed by atoms with Crippen molar-refractivity contribution < 1.29 is 18.7 Å². The number of hydrogen-bond donors (Lipinski definition) is 1. The van der Waals surface area contributed by atoms with Gasteiger partial charge in [-0.05, 0) is 60.4 Å². The molecule has 3 rings (SSSR count). The Kier molecular flexibility index (Phi) is 5.80. The zero-order chi connectivity index (χ0) is 20.3. The van der Waals surface area contributed by atoms with Gasteiger partial charge >= 0.3 is 11.6 Å². The van der Waals surface area contributed by atoms with E-state index in [9.17, 15) is 9.59 Å². The summed E-state index contributed by atoms with van der Waals surface area (Å²) in [6.45, 7) is 5.02. The van der Waals surface area contributed by atoms with Gasteiger partial charge in [0.2, 0.25) is 0 Å². The van der Waals surface area contributed by atoms with Crippen LogP contribution in [-0.2, 0) is 17.8 Å². The molecule has 3 aromatic rings. The molecule has 0 spiro atoms. The molecule has 0 saturated carbocycles. The lowest BCUT2D eigenvalue weighted by Crippen LogP contribution is -2.15. The molecule has 0 aliphatic heterocycles. The molecule has 0 bridgehead atoms. The lowest BCUT2D eigenvalue weighted by molar-refractivity contribution is 0.0597. The number of aryl methyl sites for hydroxylation is 2. The fourth-order valence-electron chi connectivity index (χ4n) is 3.11. The third-order valence-electron chi connectivity index (χ3n) is 4.76. The maximum atomic E-state index is 11.9. The van der Waals surface area contributed by atoms with Crippen LogP contribution < -0.4 is 15.7 Å². The minimum Gasteiger partial charge on any atom is -0.496 e. The number of carbonyl (C=O) groups excluding carboxylic acids is 1. The van der Waals surface area contributed by atoms with E-state index < -0.39 is 5.97 Å². The first-order valence-electron chi connectivity index (χ1n) is 8.93. The van der Waals surface area contributed by atoms with Crippen LogP contribution in [0.25, 0.3) is 11.0 Å². The second-order valence-corrected chi connectivity index (χ2v) is 6.65. The van der Waals surface area contributed by atoms with Crippen LogP contribution in [0.4, 0.5) is 0 Å². The molecular weight excluding hydrogens is 358 g/mol. The van der Waals surface area contributed by atoms with E-state index in [2.05, 4.69) is 5.32 Å². The van der Waals surface area contributed by atoms with Crippen molar-refractivity contribution in [3.8, 4) is 5.75 Å². The van der Waals surface area contributed by atoms with E-state index in [-0.39, 0.29) is 5.63 Å². The zero-order valence-electron chi connectivity index (χ0n) is 16.4. The van der Waals surface area contributed by atoms with Crippen LogP contribution in [0.2, 0.25) is 0 Å². The Bertz CT molecular complexity index is 1080. The largest absolute Gasteiger partial charge is 0.496 e. The normalized spacial score (nSPS) is 10.9.